The number of fused-ring (bicyclic) bond motifs is 1. The molecule has 186 valence electrons. The molecule has 35 heavy (non-hydrogen) atoms. The molecule has 3 heterocycles. The highest BCUT2D eigenvalue weighted by Crippen LogP contribution is 2.40. The first kappa shape index (κ1) is 26.7. The lowest BCUT2D eigenvalue weighted by Gasteiger charge is -2.43. The molecule has 1 aromatic carbocycles. The van der Waals surface area contributed by atoms with Gasteiger partial charge in [0.15, 0.2) is 12.1 Å². The monoisotopic (exact) mass is 515 g/mol. The van der Waals surface area contributed by atoms with Crippen molar-refractivity contribution in [1.82, 2.24) is 10.2 Å². The van der Waals surface area contributed by atoms with E-state index < -0.39 is 5.60 Å². The molecule has 1 fully saturated rings. The van der Waals surface area contributed by atoms with Crippen molar-refractivity contribution in [2.75, 3.05) is 32.0 Å². The second kappa shape index (κ2) is 11.7. The number of carbonyl (C=O) groups is 3. The lowest BCUT2D eigenvalue weighted by Crippen LogP contribution is -2.48. The molecule has 0 radical (unpaired) electrons. The number of nitrogens with zero attached hydrogens (tertiary/aromatic N) is 1. The van der Waals surface area contributed by atoms with Crippen LogP contribution in [0.1, 0.15) is 36.5 Å². The van der Waals surface area contributed by atoms with Gasteiger partial charge in [-0.15, -0.1) is 11.3 Å². The Labute approximate surface area is 214 Å². The number of thiophene rings is 1. The molecule has 1 spiro atoms. The van der Waals surface area contributed by atoms with Crippen molar-refractivity contribution >= 4 is 56.1 Å². The third-order valence-corrected chi connectivity index (χ3v) is 7.28. The van der Waals surface area contributed by atoms with Gasteiger partial charge in [-0.05, 0) is 20.0 Å². The van der Waals surface area contributed by atoms with Crippen LogP contribution in [-0.4, -0.2) is 55.3 Å². The molecule has 0 unspecified atom stereocenters. The number of amides is 2. The normalized spacial score (nSPS) is 17.3. The number of hydrogen-bond acceptors (Lipinski definition) is 6. The summed E-state index contributed by atoms with van der Waals surface area (Å²) in [6.07, 6.45) is 4.38. The Morgan fingerprint density at radius 3 is 2.60 bits per heavy atom. The average Bonchev–Trinajstić information content (AvgIpc) is 3.18. The number of hydrogen-bond donors (Lipinski definition) is 2. The fourth-order valence-corrected chi connectivity index (χ4v) is 5.32. The topological polar surface area (TPSA) is 87.7 Å². The van der Waals surface area contributed by atoms with E-state index in [1.807, 2.05) is 31.2 Å². The van der Waals surface area contributed by atoms with Crippen LogP contribution < -0.4 is 10.6 Å². The summed E-state index contributed by atoms with van der Waals surface area (Å²) >= 11 is 7.34. The molecule has 4 rings (SSSR count). The maximum atomic E-state index is 12.2. The molecule has 0 saturated carbocycles. The maximum absolute atomic E-state index is 12.2. The van der Waals surface area contributed by atoms with Crippen LogP contribution in [0.4, 0.5) is 9.80 Å². The zero-order valence-electron chi connectivity index (χ0n) is 20.0. The number of anilines is 1. The number of rotatable bonds is 5. The van der Waals surface area contributed by atoms with Gasteiger partial charge in [-0.2, -0.15) is 0 Å². The van der Waals surface area contributed by atoms with Crippen LogP contribution in [0.3, 0.4) is 0 Å². The van der Waals surface area contributed by atoms with E-state index >= 15 is 0 Å². The number of aldehydes is 1. The van der Waals surface area contributed by atoms with Gasteiger partial charge in [0.2, 0.25) is 0 Å². The number of carbonyl (C=O) groups excluding carboxylic acids is 3. The van der Waals surface area contributed by atoms with Gasteiger partial charge >= 0.3 is 6.03 Å². The zero-order chi connectivity index (χ0) is 25.6. The highest BCUT2D eigenvalue weighted by Gasteiger charge is 2.43. The van der Waals surface area contributed by atoms with Crippen molar-refractivity contribution in [1.29, 1.82) is 0 Å². The van der Waals surface area contributed by atoms with Gasteiger partial charge in [-0.3, -0.25) is 14.9 Å². The number of ether oxygens (including phenoxy) is 1. The van der Waals surface area contributed by atoms with E-state index in [2.05, 4.69) is 35.7 Å². The summed E-state index contributed by atoms with van der Waals surface area (Å²) in [5.74, 6) is 0.463. The van der Waals surface area contributed by atoms with Crippen molar-refractivity contribution in [2.45, 2.75) is 31.8 Å². The van der Waals surface area contributed by atoms with Gasteiger partial charge < -0.3 is 15.0 Å². The first-order valence-corrected chi connectivity index (χ1v) is 12.6. The molecule has 2 aliphatic heterocycles. The largest absolute Gasteiger partial charge is 0.484 e. The molecule has 0 atom stereocenters. The Bertz CT molecular complexity index is 1180. The van der Waals surface area contributed by atoms with Gasteiger partial charge in [-0.1, -0.05) is 49.0 Å². The van der Waals surface area contributed by atoms with Crippen LogP contribution in [-0.2, 0) is 9.53 Å². The minimum Gasteiger partial charge on any atom is -0.484 e. The first-order valence-electron chi connectivity index (χ1n) is 11.4. The Kier molecular flexibility index (Phi) is 8.88. The molecular weight excluding hydrogens is 486 g/mol. The van der Waals surface area contributed by atoms with E-state index in [0.29, 0.717) is 34.9 Å². The Hall–Kier alpha value is -2.94. The predicted octanol–water partition coefficient (Wildman–Crippen LogP) is 5.49. The number of Topliss-reactive ketones (excluding diaryl/α,β-unsaturated/α-hetero) is 1. The number of likely N-dealkylation sites (tertiary alicyclic amines) is 1. The van der Waals surface area contributed by atoms with E-state index in [-0.39, 0.29) is 16.8 Å². The van der Waals surface area contributed by atoms with Crippen molar-refractivity contribution < 1.29 is 19.1 Å². The van der Waals surface area contributed by atoms with Crippen LogP contribution in [0.5, 0.6) is 0 Å². The molecule has 7 nitrogen and oxygen atoms in total. The summed E-state index contributed by atoms with van der Waals surface area (Å²) < 4.78 is 7.02. The summed E-state index contributed by atoms with van der Waals surface area (Å²) in [7, 11) is 2.07. The Balaban J connectivity index is 0.000000196. The number of urea groups is 1. The molecule has 0 aliphatic carbocycles. The maximum Gasteiger partial charge on any atom is 0.319 e. The van der Waals surface area contributed by atoms with Crippen LogP contribution >= 0.6 is 22.9 Å². The third-order valence-electron chi connectivity index (χ3n) is 6.01. The Morgan fingerprint density at radius 2 is 2.00 bits per heavy atom. The number of ketones is 1. The van der Waals surface area contributed by atoms with Crippen LogP contribution in [0.2, 0.25) is 0 Å². The number of allylic oxidation sites excluding steroid dienone is 3. The third kappa shape index (κ3) is 6.20. The minimum atomic E-state index is -0.400. The fraction of sp³-hybridized carbons (Fsp3) is 0.346. The van der Waals surface area contributed by atoms with Gasteiger partial charge in [0.25, 0.3) is 0 Å². The lowest BCUT2D eigenvalue weighted by atomic mass is 9.82. The standard InChI is InChI=1S/C14H18ClNO2.C12H12N2O2S/c1-4-11-12(17)9-14(18-13(11)10(2)15)5-7-16(3)8-6-14;1-2-13-12(16)14-11-9(7-15)8-5-3-4-6-10(8)17-11/h4H,1-2,5-9H2,3H3;3-7H,2H2,1H3,(H2,13,14,16). The first-order chi connectivity index (χ1) is 16.7. The van der Waals surface area contributed by atoms with E-state index in [0.717, 1.165) is 42.3 Å². The number of piperidine rings is 1. The van der Waals surface area contributed by atoms with Gasteiger partial charge in [0.1, 0.15) is 16.4 Å². The van der Waals surface area contributed by atoms with E-state index in [1.54, 1.807) is 0 Å². The molecule has 9 heteroatoms. The smallest absolute Gasteiger partial charge is 0.319 e. The minimum absolute atomic E-state index is 0.0533. The average molecular weight is 516 g/mol. The van der Waals surface area contributed by atoms with Crippen LogP contribution in [0, 0.1) is 0 Å². The number of nitrogens with one attached hydrogen (secondary N) is 2. The van der Waals surface area contributed by atoms with Crippen LogP contribution in [0.15, 0.2) is 59.9 Å². The summed E-state index contributed by atoms with van der Waals surface area (Å²) in [5, 5.41) is 7.06. The molecule has 2 amide bonds. The van der Waals surface area contributed by atoms with E-state index in [1.165, 1.54) is 17.4 Å². The molecule has 2 aromatic rings. The van der Waals surface area contributed by atoms with Crippen molar-refractivity contribution in [3.05, 3.63) is 65.4 Å². The fourth-order valence-electron chi connectivity index (χ4n) is 4.12. The predicted molar refractivity (Wildman–Crippen MR) is 142 cm³/mol. The van der Waals surface area contributed by atoms with Gasteiger partial charge in [0.05, 0.1) is 22.6 Å². The van der Waals surface area contributed by atoms with E-state index in [4.69, 9.17) is 16.3 Å². The molecule has 1 aromatic heterocycles. The van der Waals surface area contributed by atoms with E-state index in [9.17, 15) is 14.4 Å². The molecular formula is C26H30ClN3O4S. The van der Waals surface area contributed by atoms with Crippen molar-refractivity contribution in [3.63, 3.8) is 0 Å². The summed E-state index contributed by atoms with van der Waals surface area (Å²) in [6, 6.07) is 7.29. The summed E-state index contributed by atoms with van der Waals surface area (Å²) in [4.78, 5) is 36.9. The second-order valence-corrected chi connectivity index (χ2v) is 9.99. The summed E-state index contributed by atoms with van der Waals surface area (Å²) in [5.41, 5.74) is 0.597. The Morgan fingerprint density at radius 1 is 1.31 bits per heavy atom. The molecule has 1 saturated heterocycles. The highest BCUT2D eigenvalue weighted by molar-refractivity contribution is 7.23. The quantitative estimate of drug-likeness (QED) is 0.514. The summed E-state index contributed by atoms with van der Waals surface area (Å²) in [6.45, 7) is 11.6. The second-order valence-electron chi connectivity index (χ2n) is 8.48. The van der Waals surface area contributed by atoms with Gasteiger partial charge in [-0.25, -0.2) is 4.79 Å². The zero-order valence-corrected chi connectivity index (χ0v) is 21.6. The van der Waals surface area contributed by atoms with Crippen molar-refractivity contribution in [2.24, 2.45) is 0 Å². The SMILES string of the molecule is C=CC1=C(C(=C)Cl)OC2(CCN(C)CC2)CC1=O.CCNC(=O)Nc1sc2ccccc2c1C=O. The van der Waals surface area contributed by atoms with Gasteiger partial charge in [0, 0.05) is 42.6 Å². The van der Waals surface area contributed by atoms with Crippen LogP contribution in [0.25, 0.3) is 10.1 Å². The van der Waals surface area contributed by atoms with Crippen molar-refractivity contribution in [3.8, 4) is 0 Å². The molecule has 0 bridgehead atoms. The molecule has 2 aliphatic rings. The lowest BCUT2D eigenvalue weighted by molar-refractivity contribution is -0.128. The molecule has 2 N–H and O–H groups in total. The number of halogens is 1. The highest BCUT2D eigenvalue weighted by atomic mass is 35.5. The number of benzene rings is 1.